The lowest BCUT2D eigenvalue weighted by molar-refractivity contribution is -0.383. The van der Waals surface area contributed by atoms with Crippen LogP contribution in [0.25, 0.3) is 0 Å². The van der Waals surface area contributed by atoms with Crippen molar-refractivity contribution in [3.8, 4) is 0 Å². The molecule has 0 atom stereocenters. The van der Waals surface area contributed by atoms with Crippen LogP contribution in [0.3, 0.4) is 0 Å². The van der Waals surface area contributed by atoms with Crippen molar-refractivity contribution in [3.63, 3.8) is 0 Å². The first kappa shape index (κ1) is 15.2. The smallest absolute Gasteiger partial charge is 0.315 e. The summed E-state index contributed by atoms with van der Waals surface area (Å²) in [7, 11) is 1.60. The highest BCUT2D eigenvalue weighted by atomic mass is 16.6. The van der Waals surface area contributed by atoms with Crippen LogP contribution in [-0.2, 0) is 4.74 Å². The van der Waals surface area contributed by atoms with E-state index in [-0.39, 0.29) is 16.1 Å². The van der Waals surface area contributed by atoms with Gasteiger partial charge in [0.05, 0.1) is 17.1 Å². The van der Waals surface area contributed by atoms with Gasteiger partial charge in [0.1, 0.15) is 11.4 Å². The Morgan fingerprint density at radius 1 is 1.37 bits per heavy atom. The standard InChI is InChI=1S/C13H21N3O3/c1-5-14-10-7-6-8-11(12(10)16(17)18)15-13(2,3)9-19-4/h6-8,14-15H,5,9H2,1-4H3. The van der Waals surface area contributed by atoms with Crippen molar-refractivity contribution >= 4 is 17.1 Å². The summed E-state index contributed by atoms with van der Waals surface area (Å²) in [4.78, 5) is 10.9. The number of anilines is 2. The van der Waals surface area contributed by atoms with Gasteiger partial charge >= 0.3 is 5.69 Å². The predicted octanol–water partition coefficient (Wildman–Crippen LogP) is 2.86. The van der Waals surface area contributed by atoms with E-state index in [0.717, 1.165) is 0 Å². The third-order valence-electron chi connectivity index (χ3n) is 2.56. The van der Waals surface area contributed by atoms with Gasteiger partial charge in [-0.3, -0.25) is 10.1 Å². The quantitative estimate of drug-likeness (QED) is 0.587. The van der Waals surface area contributed by atoms with Crippen molar-refractivity contribution in [1.82, 2.24) is 0 Å². The molecule has 0 radical (unpaired) electrons. The molecule has 0 heterocycles. The van der Waals surface area contributed by atoms with E-state index in [1.54, 1.807) is 25.3 Å². The molecule has 0 fully saturated rings. The van der Waals surface area contributed by atoms with Crippen molar-refractivity contribution < 1.29 is 9.66 Å². The van der Waals surface area contributed by atoms with Gasteiger partial charge in [0.25, 0.3) is 0 Å². The molecular weight excluding hydrogens is 246 g/mol. The first-order valence-corrected chi connectivity index (χ1v) is 6.19. The maximum Gasteiger partial charge on any atom is 0.315 e. The normalized spacial score (nSPS) is 11.2. The number of hydrogen-bond donors (Lipinski definition) is 2. The van der Waals surface area contributed by atoms with Crippen LogP contribution < -0.4 is 10.6 Å². The predicted molar refractivity (Wildman–Crippen MR) is 76.8 cm³/mol. The highest BCUT2D eigenvalue weighted by molar-refractivity contribution is 5.76. The molecule has 1 rings (SSSR count). The molecule has 0 aliphatic heterocycles. The molecule has 0 unspecified atom stereocenters. The third kappa shape index (κ3) is 4.10. The number of rotatable bonds is 7. The van der Waals surface area contributed by atoms with Gasteiger partial charge in [-0.25, -0.2) is 0 Å². The number of benzene rings is 1. The van der Waals surface area contributed by atoms with Gasteiger partial charge in [-0.2, -0.15) is 0 Å². The highest BCUT2D eigenvalue weighted by Gasteiger charge is 2.25. The topological polar surface area (TPSA) is 76.4 Å². The van der Waals surface area contributed by atoms with Gasteiger partial charge in [0.15, 0.2) is 0 Å². The van der Waals surface area contributed by atoms with E-state index < -0.39 is 0 Å². The number of nitrogens with one attached hydrogen (secondary N) is 2. The average Bonchev–Trinajstić information content (AvgIpc) is 2.28. The Balaban J connectivity index is 3.13. The number of nitro groups is 1. The summed E-state index contributed by atoms with van der Waals surface area (Å²) in [5, 5.41) is 17.4. The molecule has 1 aromatic rings. The molecule has 1 aromatic carbocycles. The molecule has 106 valence electrons. The van der Waals surface area contributed by atoms with Crippen LogP contribution in [0.1, 0.15) is 20.8 Å². The van der Waals surface area contributed by atoms with E-state index in [9.17, 15) is 10.1 Å². The molecule has 0 saturated carbocycles. The van der Waals surface area contributed by atoms with Crippen molar-refractivity contribution in [3.05, 3.63) is 28.3 Å². The second-order valence-corrected chi connectivity index (χ2v) is 4.93. The number of methoxy groups -OCH3 is 1. The van der Waals surface area contributed by atoms with Crippen LogP contribution >= 0.6 is 0 Å². The van der Waals surface area contributed by atoms with Gasteiger partial charge in [0, 0.05) is 13.7 Å². The molecule has 0 amide bonds. The zero-order valence-corrected chi connectivity index (χ0v) is 11.8. The lowest BCUT2D eigenvalue weighted by Crippen LogP contribution is -2.36. The Labute approximate surface area is 113 Å². The van der Waals surface area contributed by atoms with Gasteiger partial charge in [-0.15, -0.1) is 0 Å². The summed E-state index contributed by atoms with van der Waals surface area (Å²) in [6, 6.07) is 5.20. The molecule has 0 saturated heterocycles. The van der Waals surface area contributed by atoms with E-state index in [4.69, 9.17) is 4.74 Å². The van der Waals surface area contributed by atoms with E-state index in [0.29, 0.717) is 24.5 Å². The van der Waals surface area contributed by atoms with Crippen LogP contribution in [0.15, 0.2) is 18.2 Å². The second kappa shape index (κ2) is 6.38. The van der Waals surface area contributed by atoms with Crippen molar-refractivity contribution in [2.24, 2.45) is 0 Å². The second-order valence-electron chi connectivity index (χ2n) is 4.93. The summed E-state index contributed by atoms with van der Waals surface area (Å²) in [6.07, 6.45) is 0. The van der Waals surface area contributed by atoms with Gasteiger partial charge in [-0.1, -0.05) is 6.07 Å². The first-order valence-electron chi connectivity index (χ1n) is 6.19. The number of hydrogen-bond acceptors (Lipinski definition) is 5. The number of nitrogens with zero attached hydrogens (tertiary/aromatic N) is 1. The van der Waals surface area contributed by atoms with Crippen LogP contribution in [0, 0.1) is 10.1 Å². The molecule has 19 heavy (non-hydrogen) atoms. The summed E-state index contributed by atoms with van der Waals surface area (Å²) in [5.41, 5.74) is 0.689. The lowest BCUT2D eigenvalue weighted by Gasteiger charge is -2.26. The van der Waals surface area contributed by atoms with Gasteiger partial charge in [-0.05, 0) is 32.9 Å². The Hall–Kier alpha value is -1.82. The fraction of sp³-hybridized carbons (Fsp3) is 0.538. The molecule has 0 aliphatic carbocycles. The molecule has 0 aromatic heterocycles. The molecule has 0 spiro atoms. The minimum absolute atomic E-state index is 0.0635. The van der Waals surface area contributed by atoms with E-state index in [1.165, 1.54) is 0 Å². The number of ether oxygens (including phenoxy) is 1. The maximum absolute atomic E-state index is 11.3. The fourth-order valence-corrected chi connectivity index (χ4v) is 1.94. The summed E-state index contributed by atoms with van der Waals surface area (Å²) in [6.45, 7) is 6.85. The van der Waals surface area contributed by atoms with E-state index in [1.807, 2.05) is 20.8 Å². The van der Waals surface area contributed by atoms with Crippen molar-refractivity contribution in [2.75, 3.05) is 30.9 Å². The van der Waals surface area contributed by atoms with Crippen LogP contribution in [-0.4, -0.2) is 30.7 Å². The monoisotopic (exact) mass is 267 g/mol. The summed E-state index contributed by atoms with van der Waals surface area (Å²) in [5.74, 6) is 0. The van der Waals surface area contributed by atoms with Gasteiger partial charge < -0.3 is 15.4 Å². The SMILES string of the molecule is CCNc1cccc(NC(C)(C)COC)c1[N+](=O)[O-]. The lowest BCUT2D eigenvalue weighted by atomic mass is 10.1. The molecule has 6 heteroatoms. The Morgan fingerprint density at radius 2 is 2.00 bits per heavy atom. The van der Waals surface area contributed by atoms with Crippen LogP contribution in [0.4, 0.5) is 17.1 Å². The minimum atomic E-state index is -0.385. The maximum atomic E-state index is 11.3. The Bertz CT molecular complexity index is 447. The average molecular weight is 267 g/mol. The Kier molecular flexibility index (Phi) is 5.11. The number of nitro benzene ring substituents is 1. The highest BCUT2D eigenvalue weighted by Crippen LogP contribution is 2.34. The van der Waals surface area contributed by atoms with Crippen LogP contribution in [0.2, 0.25) is 0 Å². The molecule has 2 N–H and O–H groups in total. The summed E-state index contributed by atoms with van der Waals surface area (Å²) < 4.78 is 5.11. The largest absolute Gasteiger partial charge is 0.382 e. The fourth-order valence-electron chi connectivity index (χ4n) is 1.94. The van der Waals surface area contributed by atoms with E-state index >= 15 is 0 Å². The van der Waals surface area contributed by atoms with Gasteiger partial charge in [0.2, 0.25) is 0 Å². The molecule has 6 nitrogen and oxygen atoms in total. The Morgan fingerprint density at radius 3 is 2.53 bits per heavy atom. The molecular formula is C13H21N3O3. The molecule has 0 aliphatic rings. The zero-order chi connectivity index (χ0) is 14.5. The van der Waals surface area contributed by atoms with Crippen molar-refractivity contribution in [1.29, 1.82) is 0 Å². The van der Waals surface area contributed by atoms with Crippen LogP contribution in [0.5, 0.6) is 0 Å². The third-order valence-corrected chi connectivity index (χ3v) is 2.56. The zero-order valence-electron chi connectivity index (χ0n) is 11.8. The number of para-hydroxylation sites is 1. The summed E-state index contributed by atoms with van der Waals surface area (Å²) >= 11 is 0. The van der Waals surface area contributed by atoms with Crippen molar-refractivity contribution in [2.45, 2.75) is 26.3 Å². The first-order chi connectivity index (χ1) is 8.91. The van der Waals surface area contributed by atoms with E-state index in [2.05, 4.69) is 10.6 Å². The minimum Gasteiger partial charge on any atom is -0.382 e. The molecule has 0 bridgehead atoms.